The minimum Gasteiger partial charge on any atom is -0.252 e. The van der Waals surface area contributed by atoms with Gasteiger partial charge in [0.1, 0.15) is 0 Å². The molecule has 10 aromatic rings. The lowest BCUT2D eigenvalue weighted by atomic mass is 9.93. The van der Waals surface area contributed by atoms with Gasteiger partial charge in [-0.1, -0.05) is 97.1 Å². The molecule has 2 heterocycles. The van der Waals surface area contributed by atoms with E-state index in [1.54, 1.807) is 12.4 Å². The lowest BCUT2D eigenvalue weighted by Crippen LogP contribution is -1.89. The van der Waals surface area contributed by atoms with Gasteiger partial charge in [0, 0.05) is 43.3 Å². The molecular formula is C40H22N2S. The zero-order valence-corrected chi connectivity index (χ0v) is 23.8. The van der Waals surface area contributed by atoms with E-state index < -0.39 is 0 Å². The number of hydrogen-bond acceptors (Lipinski definition) is 3. The summed E-state index contributed by atoms with van der Waals surface area (Å²) < 4.78 is 2.73. The summed E-state index contributed by atoms with van der Waals surface area (Å²) in [5.41, 5.74) is 6.88. The van der Waals surface area contributed by atoms with Crippen LogP contribution in [0, 0.1) is 0 Å². The van der Waals surface area contributed by atoms with Gasteiger partial charge in [0.2, 0.25) is 0 Å². The van der Waals surface area contributed by atoms with Gasteiger partial charge < -0.3 is 0 Å². The summed E-state index contributed by atoms with van der Waals surface area (Å²) in [6.45, 7) is 0. The van der Waals surface area contributed by atoms with Crippen LogP contribution in [-0.2, 0) is 0 Å². The second-order valence-electron chi connectivity index (χ2n) is 11.4. The van der Waals surface area contributed by atoms with Crippen LogP contribution in [0.25, 0.3) is 96.5 Å². The maximum Gasteiger partial charge on any atom is 0.0971 e. The van der Waals surface area contributed by atoms with E-state index >= 15 is 0 Å². The van der Waals surface area contributed by atoms with E-state index in [9.17, 15) is 0 Å². The molecule has 0 saturated heterocycles. The van der Waals surface area contributed by atoms with Gasteiger partial charge in [-0.05, 0) is 78.8 Å². The summed E-state index contributed by atoms with van der Waals surface area (Å²) in [4.78, 5) is 9.41. The average molecular weight is 563 g/mol. The Hall–Kier alpha value is -5.38. The molecule has 0 spiro atoms. The predicted octanol–water partition coefficient (Wildman–Crippen LogP) is 11.4. The van der Waals surface area contributed by atoms with Crippen molar-refractivity contribution in [2.45, 2.75) is 0 Å². The third-order valence-electron chi connectivity index (χ3n) is 9.08. The number of thiophene rings is 1. The Morgan fingerprint density at radius 3 is 1.93 bits per heavy atom. The Morgan fingerprint density at radius 1 is 0.419 bits per heavy atom. The molecule has 0 atom stereocenters. The van der Waals surface area contributed by atoms with E-state index in [2.05, 4.69) is 126 Å². The molecule has 0 N–H and O–H groups in total. The van der Waals surface area contributed by atoms with Crippen molar-refractivity contribution in [2.75, 3.05) is 0 Å². The summed E-state index contributed by atoms with van der Waals surface area (Å²) in [5, 5.41) is 12.6. The van der Waals surface area contributed by atoms with Crippen LogP contribution in [-0.4, -0.2) is 9.97 Å². The van der Waals surface area contributed by atoms with E-state index in [1.807, 2.05) is 11.3 Å². The van der Waals surface area contributed by atoms with E-state index in [-0.39, 0.29) is 0 Å². The third kappa shape index (κ3) is 3.28. The maximum absolute atomic E-state index is 4.73. The van der Waals surface area contributed by atoms with Crippen molar-refractivity contribution in [3.63, 3.8) is 0 Å². The molecule has 198 valence electrons. The van der Waals surface area contributed by atoms with Gasteiger partial charge in [-0.15, -0.1) is 11.3 Å². The standard InChI is InChI=1S/C40H22N2S/c1-2-6-32-31(5-1)34-22-27(15-17-33(34)39-38(32)41-18-19-42-39)26-12-8-23-9-13-28(21-29(23)20-26)30-16-14-25-11-10-24-4-3-7-35-36(24)37(25)40(30)43-35/h1-22H. The molecule has 0 aliphatic heterocycles. The Bertz CT molecular complexity index is 2700. The van der Waals surface area contributed by atoms with E-state index in [4.69, 9.17) is 4.98 Å². The summed E-state index contributed by atoms with van der Waals surface area (Å²) in [6.07, 6.45) is 3.56. The first kappa shape index (κ1) is 23.2. The lowest BCUT2D eigenvalue weighted by molar-refractivity contribution is 1.31. The number of benzene rings is 8. The van der Waals surface area contributed by atoms with Gasteiger partial charge in [0.25, 0.3) is 0 Å². The summed E-state index contributed by atoms with van der Waals surface area (Å²) in [5.74, 6) is 0. The normalized spacial score (nSPS) is 12.2. The molecule has 0 amide bonds. The molecule has 0 unspecified atom stereocenters. The summed E-state index contributed by atoms with van der Waals surface area (Å²) in [7, 11) is 0. The van der Waals surface area contributed by atoms with Crippen molar-refractivity contribution in [3.05, 3.63) is 134 Å². The minimum atomic E-state index is 0.951. The van der Waals surface area contributed by atoms with E-state index in [1.165, 1.54) is 74.7 Å². The zero-order chi connectivity index (χ0) is 28.1. The predicted molar refractivity (Wildman–Crippen MR) is 185 cm³/mol. The summed E-state index contributed by atoms with van der Waals surface area (Å²) >= 11 is 1.91. The fourth-order valence-electron chi connectivity index (χ4n) is 7.06. The largest absolute Gasteiger partial charge is 0.252 e. The van der Waals surface area contributed by atoms with E-state index in [0.29, 0.717) is 0 Å². The van der Waals surface area contributed by atoms with Crippen molar-refractivity contribution in [3.8, 4) is 22.3 Å². The SMILES string of the molecule is c1cc2ccc3ccc(-c4ccc5ccc(-c6ccc7c(c6)c6ccccc6c6nccnc76)cc5c4)c4sc(c1)c2c34. The van der Waals surface area contributed by atoms with Crippen LogP contribution in [0.4, 0.5) is 0 Å². The van der Waals surface area contributed by atoms with Gasteiger partial charge >= 0.3 is 0 Å². The highest BCUT2D eigenvalue weighted by atomic mass is 32.1. The summed E-state index contributed by atoms with van der Waals surface area (Å²) in [6, 6.07) is 44.7. The van der Waals surface area contributed by atoms with Crippen LogP contribution in [0.15, 0.2) is 134 Å². The second kappa shape index (κ2) is 8.57. The van der Waals surface area contributed by atoms with Crippen LogP contribution < -0.4 is 0 Å². The second-order valence-corrected chi connectivity index (χ2v) is 12.5. The number of nitrogens with zero attached hydrogens (tertiary/aromatic N) is 2. The Balaban J connectivity index is 1.16. The highest BCUT2D eigenvalue weighted by Crippen LogP contribution is 2.45. The molecular weight excluding hydrogens is 541 g/mol. The Morgan fingerprint density at radius 2 is 1.07 bits per heavy atom. The molecule has 0 saturated carbocycles. The number of fused-ring (bicyclic) bond motifs is 7. The first-order valence-electron chi connectivity index (χ1n) is 14.6. The Kier molecular flexibility index (Phi) is 4.63. The van der Waals surface area contributed by atoms with Crippen LogP contribution in [0.3, 0.4) is 0 Å². The van der Waals surface area contributed by atoms with E-state index in [0.717, 1.165) is 21.8 Å². The average Bonchev–Trinajstić information content (AvgIpc) is 3.48. The Labute approximate surface area is 250 Å². The van der Waals surface area contributed by atoms with Gasteiger partial charge in [0.05, 0.1) is 11.0 Å². The van der Waals surface area contributed by atoms with Gasteiger partial charge in [-0.25, -0.2) is 0 Å². The molecule has 0 bridgehead atoms. The molecule has 2 aromatic heterocycles. The fourth-order valence-corrected chi connectivity index (χ4v) is 8.37. The number of aromatic nitrogens is 2. The molecule has 8 aromatic carbocycles. The van der Waals surface area contributed by atoms with Crippen molar-refractivity contribution >= 4 is 85.6 Å². The zero-order valence-electron chi connectivity index (χ0n) is 23.0. The fraction of sp³-hybridized carbons (Fsp3) is 0. The quantitative estimate of drug-likeness (QED) is 0.196. The van der Waals surface area contributed by atoms with Gasteiger partial charge in [-0.2, -0.15) is 0 Å². The van der Waals surface area contributed by atoms with Crippen LogP contribution >= 0.6 is 11.3 Å². The van der Waals surface area contributed by atoms with Crippen molar-refractivity contribution in [2.24, 2.45) is 0 Å². The number of hydrogen-bond donors (Lipinski definition) is 0. The first-order chi connectivity index (χ1) is 21.3. The monoisotopic (exact) mass is 562 g/mol. The molecule has 0 aliphatic carbocycles. The third-order valence-corrected chi connectivity index (χ3v) is 10.3. The minimum absolute atomic E-state index is 0.951. The topological polar surface area (TPSA) is 25.8 Å². The molecule has 0 fully saturated rings. The first-order valence-corrected chi connectivity index (χ1v) is 15.4. The maximum atomic E-state index is 4.73. The molecule has 2 nitrogen and oxygen atoms in total. The van der Waals surface area contributed by atoms with Crippen LogP contribution in [0.5, 0.6) is 0 Å². The number of rotatable bonds is 2. The van der Waals surface area contributed by atoms with Gasteiger partial charge in [-0.3, -0.25) is 9.97 Å². The van der Waals surface area contributed by atoms with Crippen LogP contribution in [0.2, 0.25) is 0 Å². The van der Waals surface area contributed by atoms with Crippen molar-refractivity contribution in [1.29, 1.82) is 0 Å². The highest BCUT2D eigenvalue weighted by Gasteiger charge is 2.16. The highest BCUT2D eigenvalue weighted by molar-refractivity contribution is 7.26. The van der Waals surface area contributed by atoms with Crippen LogP contribution in [0.1, 0.15) is 0 Å². The van der Waals surface area contributed by atoms with Crippen molar-refractivity contribution < 1.29 is 0 Å². The van der Waals surface area contributed by atoms with Crippen molar-refractivity contribution in [1.82, 2.24) is 9.97 Å². The molecule has 0 aliphatic rings. The van der Waals surface area contributed by atoms with Gasteiger partial charge in [0.15, 0.2) is 0 Å². The molecule has 0 radical (unpaired) electrons. The lowest BCUT2D eigenvalue weighted by Gasteiger charge is -2.12. The smallest absolute Gasteiger partial charge is 0.0971 e. The molecule has 10 rings (SSSR count). The molecule has 3 heteroatoms. The molecule has 43 heavy (non-hydrogen) atoms.